The van der Waals surface area contributed by atoms with E-state index < -0.39 is 5.54 Å². The lowest BCUT2D eigenvalue weighted by Crippen LogP contribution is -2.47. The summed E-state index contributed by atoms with van der Waals surface area (Å²) >= 11 is 0. The number of carbonyl (C=O) groups is 4. The highest BCUT2D eigenvalue weighted by molar-refractivity contribution is 6.02. The molecule has 15 heteroatoms. The van der Waals surface area contributed by atoms with Gasteiger partial charge in [0.05, 0.1) is 65.1 Å². The first-order chi connectivity index (χ1) is 37.6. The number of ether oxygens (including phenoxy) is 5. The summed E-state index contributed by atoms with van der Waals surface area (Å²) < 4.78 is 29.1. The maximum atomic E-state index is 14.6. The Morgan fingerprint density at radius 2 is 1.16 bits per heavy atom. The minimum Gasteiger partial charge on any atom is -0.456 e. The van der Waals surface area contributed by atoms with Gasteiger partial charge in [-0.1, -0.05) is 73.2 Å². The van der Waals surface area contributed by atoms with Crippen LogP contribution in [0.4, 0.5) is 17.1 Å². The van der Waals surface area contributed by atoms with Gasteiger partial charge in [-0.2, -0.15) is 0 Å². The smallest absolute Gasteiger partial charge is 0.255 e. The molecule has 0 saturated heterocycles. The van der Waals surface area contributed by atoms with Crippen molar-refractivity contribution in [2.75, 3.05) is 101 Å². The predicted octanol–water partition coefficient (Wildman–Crippen LogP) is 9.00. The maximum absolute atomic E-state index is 14.6. The molecule has 8 rings (SSSR count). The number of nitrogens with zero attached hydrogens (tertiary/aromatic N) is 2. The monoisotopic (exact) mass is 1050 g/mol. The van der Waals surface area contributed by atoms with Crippen LogP contribution in [0.25, 0.3) is 0 Å². The molecule has 5 aromatic carbocycles. The van der Waals surface area contributed by atoms with Crippen LogP contribution >= 0.6 is 0 Å². The van der Waals surface area contributed by atoms with Crippen LogP contribution in [0.5, 0.6) is 11.5 Å². The summed E-state index contributed by atoms with van der Waals surface area (Å²) in [4.78, 5) is 56.9. The Labute approximate surface area is 453 Å². The van der Waals surface area contributed by atoms with E-state index in [4.69, 9.17) is 23.7 Å². The fraction of sp³-hybridized carbons (Fsp3) is 0.419. The van der Waals surface area contributed by atoms with E-state index in [0.717, 1.165) is 112 Å². The van der Waals surface area contributed by atoms with Crippen molar-refractivity contribution < 1.29 is 42.9 Å². The normalized spacial score (nSPS) is 13.4. The molecular formula is C62H74N6O9. The third kappa shape index (κ3) is 13.7. The van der Waals surface area contributed by atoms with Crippen molar-refractivity contribution in [1.82, 2.24) is 15.5 Å². The highest BCUT2D eigenvalue weighted by atomic mass is 16.6. The predicted molar refractivity (Wildman–Crippen MR) is 300 cm³/mol. The van der Waals surface area contributed by atoms with Crippen LogP contribution in [0.3, 0.4) is 0 Å². The number of rotatable bonds is 29. The van der Waals surface area contributed by atoms with Gasteiger partial charge in [0.25, 0.3) is 5.91 Å². The average molecular weight is 1050 g/mol. The van der Waals surface area contributed by atoms with Crippen molar-refractivity contribution in [2.45, 2.75) is 84.7 Å². The molecule has 0 aliphatic carbocycles. The molecule has 77 heavy (non-hydrogen) atoms. The molecule has 3 heterocycles. The number of unbranched alkanes of at least 4 members (excludes halogenated alkanes) is 3. The molecule has 15 nitrogen and oxygen atoms in total. The van der Waals surface area contributed by atoms with Gasteiger partial charge < -0.3 is 54.8 Å². The van der Waals surface area contributed by atoms with Crippen molar-refractivity contribution in [3.05, 3.63) is 147 Å². The van der Waals surface area contributed by atoms with Crippen LogP contribution in [0.15, 0.2) is 97.1 Å². The molecule has 3 aliphatic rings. The van der Waals surface area contributed by atoms with Crippen molar-refractivity contribution in [3.8, 4) is 23.3 Å². The summed E-state index contributed by atoms with van der Waals surface area (Å²) in [6.45, 7) is 14.7. The second-order valence-corrected chi connectivity index (χ2v) is 19.4. The lowest BCUT2D eigenvalue weighted by molar-refractivity contribution is -0.125. The van der Waals surface area contributed by atoms with Gasteiger partial charge in [0.2, 0.25) is 17.7 Å². The van der Waals surface area contributed by atoms with Gasteiger partial charge in [-0.3, -0.25) is 19.2 Å². The van der Waals surface area contributed by atoms with Gasteiger partial charge >= 0.3 is 0 Å². The third-order valence-electron chi connectivity index (χ3n) is 14.1. The van der Waals surface area contributed by atoms with E-state index in [1.165, 1.54) is 0 Å². The number of fused-ring (bicyclic) bond motifs is 8. The number of nitrogens with one attached hydrogen (secondary N) is 4. The largest absolute Gasteiger partial charge is 0.456 e. The Balaban J connectivity index is 0.656. The molecule has 5 aromatic rings. The molecular weight excluding hydrogens is 973 g/mol. The van der Waals surface area contributed by atoms with E-state index in [9.17, 15) is 19.2 Å². The Morgan fingerprint density at radius 3 is 1.84 bits per heavy atom. The molecule has 0 fully saturated rings. The number of carbonyl (C=O) groups excluding carboxylic acids is 4. The van der Waals surface area contributed by atoms with Crippen LogP contribution in [-0.2, 0) is 45.4 Å². The first-order valence-electron chi connectivity index (χ1n) is 27.3. The SMILES string of the molecule is CCNc1cc2c(cc1C)C1(c3cc(C)c(NCC)cc3O2)c2ccccc2C(=O)N1CCCCCCNC(=O)CCOCCOCCOCCOCCNC(=O)CCC(=O)N1Cc2ccccc2C#Cc2ccccc21. The molecule has 0 saturated carbocycles. The van der Waals surface area contributed by atoms with Crippen LogP contribution in [0, 0.1) is 25.7 Å². The Kier molecular flexibility index (Phi) is 20.2. The standard InChI is InChI=1S/C62H74N6O9/c1-5-63-53-41-56-51(39-44(53)3)62(52-40-45(4)54(64-6-2)42-57(52)77-56)50-21-13-12-20-49(50)61(72)68(62)30-16-8-7-15-28-65-59(70)27-31-73-33-35-75-37-38-76-36-34-74-32-29-66-58(69)25-26-60(71)67-43-48-19-10-9-17-46(48)23-24-47-18-11-14-22-55(47)67/h9-14,17-22,39-42,63-64H,5-8,15-16,25-38,43H2,1-4H3,(H,65,70)(H,66,69). The summed E-state index contributed by atoms with van der Waals surface area (Å²) in [5.74, 6) is 7.52. The van der Waals surface area contributed by atoms with Crippen molar-refractivity contribution >= 4 is 40.7 Å². The first kappa shape index (κ1) is 56.0. The summed E-state index contributed by atoms with van der Waals surface area (Å²) in [5.41, 5.74) is 10.3. The number of hydrogen-bond acceptors (Lipinski definition) is 11. The Morgan fingerprint density at radius 1 is 0.597 bits per heavy atom. The second kappa shape index (κ2) is 27.7. The maximum Gasteiger partial charge on any atom is 0.255 e. The topological polar surface area (TPSA) is 169 Å². The van der Waals surface area contributed by atoms with E-state index in [1.807, 2.05) is 66.7 Å². The van der Waals surface area contributed by atoms with Crippen LogP contribution in [0.1, 0.15) is 114 Å². The quantitative estimate of drug-likeness (QED) is 0.0267. The summed E-state index contributed by atoms with van der Waals surface area (Å²) in [6, 6.07) is 32.0. The summed E-state index contributed by atoms with van der Waals surface area (Å²) in [7, 11) is 0. The fourth-order valence-corrected chi connectivity index (χ4v) is 10.3. The number of hydrogen-bond donors (Lipinski definition) is 4. The zero-order valence-corrected chi connectivity index (χ0v) is 45.2. The average Bonchev–Trinajstić information content (AvgIpc) is 3.92. The molecule has 4 N–H and O–H groups in total. The van der Waals surface area contributed by atoms with Crippen molar-refractivity contribution in [2.24, 2.45) is 0 Å². The summed E-state index contributed by atoms with van der Waals surface area (Å²) in [5, 5.41) is 12.8. The van der Waals surface area contributed by atoms with Crippen LogP contribution < -0.4 is 30.9 Å². The summed E-state index contributed by atoms with van der Waals surface area (Å²) in [6.07, 6.45) is 3.86. The lowest BCUT2D eigenvalue weighted by Gasteiger charge is -2.45. The molecule has 0 bridgehead atoms. The van der Waals surface area contributed by atoms with Gasteiger partial charge in [0.1, 0.15) is 17.0 Å². The van der Waals surface area contributed by atoms with Gasteiger partial charge in [0, 0.05) is 103 Å². The number of para-hydroxylation sites is 1. The minimum atomic E-state index is -0.859. The first-order valence-corrected chi connectivity index (χ1v) is 27.3. The van der Waals surface area contributed by atoms with E-state index >= 15 is 0 Å². The lowest BCUT2D eigenvalue weighted by atomic mass is 9.73. The number of aryl methyl sites for hydroxylation is 2. The highest BCUT2D eigenvalue weighted by Crippen LogP contribution is 2.59. The molecule has 406 valence electrons. The van der Waals surface area contributed by atoms with Gasteiger partial charge in [-0.25, -0.2) is 0 Å². The molecule has 0 aromatic heterocycles. The molecule has 4 amide bonds. The van der Waals surface area contributed by atoms with Crippen molar-refractivity contribution in [1.29, 1.82) is 0 Å². The molecule has 0 unspecified atom stereocenters. The third-order valence-corrected chi connectivity index (χ3v) is 14.1. The van der Waals surface area contributed by atoms with E-state index in [2.05, 4.69) is 96.0 Å². The van der Waals surface area contributed by atoms with Gasteiger partial charge in [-0.05, 0) is 99.2 Å². The van der Waals surface area contributed by atoms with Gasteiger partial charge in [-0.15, -0.1) is 0 Å². The Bertz CT molecular complexity index is 2870. The molecule has 3 aliphatic heterocycles. The number of benzene rings is 5. The Hall–Kier alpha value is -7.22. The molecule has 1 spiro atoms. The van der Waals surface area contributed by atoms with Crippen LogP contribution in [-0.4, -0.2) is 114 Å². The zero-order chi connectivity index (χ0) is 54.0. The van der Waals surface area contributed by atoms with Crippen molar-refractivity contribution in [3.63, 3.8) is 0 Å². The second-order valence-electron chi connectivity index (χ2n) is 19.4. The zero-order valence-electron chi connectivity index (χ0n) is 45.2. The van der Waals surface area contributed by atoms with Crippen LogP contribution in [0.2, 0.25) is 0 Å². The fourth-order valence-electron chi connectivity index (χ4n) is 10.3. The van der Waals surface area contributed by atoms with E-state index in [1.54, 1.807) is 4.90 Å². The van der Waals surface area contributed by atoms with E-state index in [-0.39, 0.29) is 42.9 Å². The van der Waals surface area contributed by atoms with E-state index in [0.29, 0.717) is 84.6 Å². The molecule has 0 atom stereocenters. The molecule has 0 radical (unpaired) electrons. The number of amides is 4. The highest BCUT2D eigenvalue weighted by Gasteiger charge is 2.56. The number of anilines is 3. The minimum absolute atomic E-state index is 0.0194. The van der Waals surface area contributed by atoms with Gasteiger partial charge in [0.15, 0.2) is 0 Å².